The van der Waals surface area contributed by atoms with Gasteiger partial charge in [0.25, 0.3) is 0 Å². The Labute approximate surface area is 247 Å². The average molecular weight is 572 g/mol. The summed E-state index contributed by atoms with van der Waals surface area (Å²) in [4.78, 5) is 24.4. The van der Waals surface area contributed by atoms with E-state index in [1.807, 2.05) is 37.3 Å². The number of benzene rings is 3. The van der Waals surface area contributed by atoms with Crippen molar-refractivity contribution in [3.05, 3.63) is 99.2 Å². The van der Waals surface area contributed by atoms with E-state index in [-0.39, 0.29) is 17.5 Å². The number of carboxylic acid groups (broad SMARTS) is 1. The van der Waals surface area contributed by atoms with E-state index >= 15 is 0 Å². The van der Waals surface area contributed by atoms with Crippen LogP contribution in [0.25, 0.3) is 11.1 Å². The Morgan fingerprint density at radius 1 is 0.881 bits per heavy atom. The van der Waals surface area contributed by atoms with Gasteiger partial charge in [-0.3, -0.25) is 9.36 Å². The molecule has 1 N–H and O–H groups in total. The number of aliphatic carboxylic acids is 1. The molecule has 0 aliphatic rings. The molecular weight excluding hydrogens is 530 g/mol. The molecule has 0 bridgehead atoms. The van der Waals surface area contributed by atoms with E-state index in [0.29, 0.717) is 30.8 Å². The van der Waals surface area contributed by atoms with Crippen LogP contribution in [-0.2, 0) is 42.6 Å². The van der Waals surface area contributed by atoms with Gasteiger partial charge < -0.3 is 14.6 Å². The molecule has 0 fully saturated rings. The molecule has 42 heavy (non-hydrogen) atoms. The Morgan fingerprint density at radius 3 is 2.17 bits per heavy atom. The normalized spacial score (nSPS) is 11.5. The average Bonchev–Trinajstić information content (AvgIpc) is 3.25. The third kappa shape index (κ3) is 7.11. The molecule has 0 atom stereocenters. The molecule has 3 aromatic carbocycles. The van der Waals surface area contributed by atoms with Gasteiger partial charge in [0.05, 0.1) is 27.2 Å². The Kier molecular flexibility index (Phi) is 9.55. The van der Waals surface area contributed by atoms with Crippen LogP contribution in [-0.4, -0.2) is 39.6 Å². The van der Waals surface area contributed by atoms with Crippen molar-refractivity contribution in [3.8, 4) is 22.6 Å². The van der Waals surface area contributed by atoms with Crippen LogP contribution < -0.4 is 15.2 Å². The van der Waals surface area contributed by atoms with Crippen LogP contribution in [0.5, 0.6) is 11.5 Å². The highest BCUT2D eigenvalue weighted by Crippen LogP contribution is 2.31. The van der Waals surface area contributed by atoms with Crippen molar-refractivity contribution in [2.45, 2.75) is 71.9 Å². The van der Waals surface area contributed by atoms with Crippen LogP contribution in [0, 0.1) is 0 Å². The lowest BCUT2D eigenvalue weighted by atomic mass is 9.87. The maximum absolute atomic E-state index is 13.1. The van der Waals surface area contributed by atoms with Crippen molar-refractivity contribution in [2.24, 2.45) is 0 Å². The van der Waals surface area contributed by atoms with Gasteiger partial charge in [-0.25, -0.2) is 9.48 Å². The fourth-order valence-corrected chi connectivity index (χ4v) is 5.20. The SMILES string of the molecule is CCn1c(CCCc2ccc(-c3ccc(OC)c(CC(=O)O)c3)cc2OC)nn(Cc2ccc(C(C)(C)C)cc2)c1=O. The second kappa shape index (κ2) is 13.1. The Bertz CT molecular complexity index is 1590. The largest absolute Gasteiger partial charge is 0.496 e. The predicted octanol–water partition coefficient (Wildman–Crippen LogP) is 5.90. The van der Waals surface area contributed by atoms with Crippen molar-refractivity contribution >= 4 is 5.97 Å². The quantitative estimate of drug-likeness (QED) is 0.228. The van der Waals surface area contributed by atoms with Crippen LogP contribution in [0.3, 0.4) is 0 Å². The monoisotopic (exact) mass is 571 g/mol. The molecule has 0 aliphatic heterocycles. The smallest absolute Gasteiger partial charge is 0.346 e. The number of hydrogen-bond acceptors (Lipinski definition) is 5. The molecule has 0 aliphatic carbocycles. The van der Waals surface area contributed by atoms with E-state index in [1.54, 1.807) is 22.4 Å². The minimum Gasteiger partial charge on any atom is -0.496 e. The lowest BCUT2D eigenvalue weighted by molar-refractivity contribution is -0.136. The zero-order valence-electron chi connectivity index (χ0n) is 25.4. The second-order valence-corrected chi connectivity index (χ2v) is 11.5. The predicted molar refractivity (Wildman–Crippen MR) is 165 cm³/mol. The molecule has 4 rings (SSSR count). The maximum Gasteiger partial charge on any atom is 0.346 e. The van der Waals surface area contributed by atoms with Crippen LogP contribution in [0.2, 0.25) is 0 Å². The standard InChI is InChI=1S/C34H41N3O5/c1-7-36-31(35-37(33(36)40)22-23-11-16-28(17-12-23)34(2,3)4)10-8-9-24-13-14-26(20-30(24)42-6)25-15-18-29(41-5)27(19-25)21-32(38)39/h11-20H,7-10,21-22H2,1-6H3,(H,38,39). The molecule has 1 heterocycles. The van der Waals surface area contributed by atoms with Crippen molar-refractivity contribution in [1.29, 1.82) is 0 Å². The number of carbonyl (C=O) groups is 1. The van der Waals surface area contributed by atoms with Gasteiger partial charge in [-0.1, -0.05) is 63.2 Å². The molecule has 8 nitrogen and oxygen atoms in total. The molecule has 0 amide bonds. The van der Waals surface area contributed by atoms with Crippen LogP contribution in [0.4, 0.5) is 0 Å². The molecule has 222 valence electrons. The molecule has 4 aromatic rings. The summed E-state index contributed by atoms with van der Waals surface area (Å²) in [5, 5.41) is 14.0. The summed E-state index contributed by atoms with van der Waals surface area (Å²) in [5.74, 6) is 1.19. The lowest BCUT2D eigenvalue weighted by Crippen LogP contribution is -2.25. The van der Waals surface area contributed by atoms with Gasteiger partial charge >= 0.3 is 11.7 Å². The zero-order valence-corrected chi connectivity index (χ0v) is 25.4. The first kappa shape index (κ1) is 30.6. The van der Waals surface area contributed by atoms with Gasteiger partial charge in [0, 0.05) is 18.5 Å². The Balaban J connectivity index is 1.47. The number of ether oxygens (including phenoxy) is 2. The number of aryl methyl sites for hydroxylation is 2. The molecule has 0 spiro atoms. The summed E-state index contributed by atoms with van der Waals surface area (Å²) in [6, 6.07) is 20.0. The van der Waals surface area contributed by atoms with E-state index in [2.05, 4.69) is 45.0 Å². The van der Waals surface area contributed by atoms with Gasteiger partial charge in [0.1, 0.15) is 17.3 Å². The molecule has 0 saturated heterocycles. The lowest BCUT2D eigenvalue weighted by Gasteiger charge is -2.19. The van der Waals surface area contributed by atoms with Gasteiger partial charge in [0.2, 0.25) is 0 Å². The van der Waals surface area contributed by atoms with Crippen LogP contribution >= 0.6 is 0 Å². The number of rotatable bonds is 12. The highest BCUT2D eigenvalue weighted by Gasteiger charge is 2.16. The fraction of sp³-hybridized carbons (Fsp3) is 0.382. The highest BCUT2D eigenvalue weighted by molar-refractivity contribution is 5.74. The van der Waals surface area contributed by atoms with Gasteiger partial charge in [-0.15, -0.1) is 0 Å². The first-order valence-corrected chi connectivity index (χ1v) is 14.4. The van der Waals surface area contributed by atoms with Gasteiger partial charge in [0.15, 0.2) is 0 Å². The first-order valence-electron chi connectivity index (χ1n) is 14.4. The third-order valence-electron chi connectivity index (χ3n) is 7.56. The number of methoxy groups -OCH3 is 2. The summed E-state index contributed by atoms with van der Waals surface area (Å²) < 4.78 is 14.4. The number of nitrogens with zero attached hydrogens (tertiary/aromatic N) is 3. The Hall–Kier alpha value is -4.33. The molecule has 8 heteroatoms. The summed E-state index contributed by atoms with van der Waals surface area (Å²) >= 11 is 0. The number of carboxylic acids is 1. The minimum atomic E-state index is -0.911. The summed E-state index contributed by atoms with van der Waals surface area (Å²) in [5.41, 5.74) is 5.80. The summed E-state index contributed by atoms with van der Waals surface area (Å²) in [6.45, 7) is 9.54. The Morgan fingerprint density at radius 2 is 1.55 bits per heavy atom. The van der Waals surface area contributed by atoms with E-state index < -0.39 is 5.97 Å². The highest BCUT2D eigenvalue weighted by atomic mass is 16.5. The summed E-state index contributed by atoms with van der Waals surface area (Å²) in [7, 11) is 3.19. The topological polar surface area (TPSA) is 95.6 Å². The van der Waals surface area contributed by atoms with Crippen LogP contribution in [0.1, 0.15) is 62.2 Å². The molecule has 0 saturated carbocycles. The van der Waals surface area contributed by atoms with Crippen molar-refractivity contribution in [2.75, 3.05) is 14.2 Å². The molecular formula is C34H41N3O5. The number of aromatic nitrogens is 3. The fourth-order valence-electron chi connectivity index (χ4n) is 5.20. The van der Waals surface area contributed by atoms with Crippen molar-refractivity contribution in [1.82, 2.24) is 14.3 Å². The minimum absolute atomic E-state index is 0.0799. The number of hydrogen-bond donors (Lipinski definition) is 1. The van der Waals surface area contributed by atoms with Gasteiger partial charge in [-0.2, -0.15) is 5.10 Å². The van der Waals surface area contributed by atoms with Gasteiger partial charge in [-0.05, 0) is 71.2 Å². The zero-order chi connectivity index (χ0) is 30.4. The van der Waals surface area contributed by atoms with Crippen molar-refractivity contribution in [3.63, 3.8) is 0 Å². The second-order valence-electron chi connectivity index (χ2n) is 11.5. The van der Waals surface area contributed by atoms with E-state index in [4.69, 9.17) is 14.6 Å². The van der Waals surface area contributed by atoms with E-state index in [0.717, 1.165) is 46.7 Å². The first-order chi connectivity index (χ1) is 20.0. The van der Waals surface area contributed by atoms with E-state index in [1.165, 1.54) is 12.7 Å². The van der Waals surface area contributed by atoms with Crippen molar-refractivity contribution < 1.29 is 19.4 Å². The summed E-state index contributed by atoms with van der Waals surface area (Å²) in [6.07, 6.45) is 2.11. The van der Waals surface area contributed by atoms with E-state index in [9.17, 15) is 14.7 Å². The third-order valence-corrected chi connectivity index (χ3v) is 7.56. The molecule has 0 radical (unpaired) electrons. The molecule has 1 aromatic heterocycles. The molecule has 0 unspecified atom stereocenters. The van der Waals surface area contributed by atoms with Crippen LogP contribution in [0.15, 0.2) is 65.5 Å². The maximum atomic E-state index is 13.1.